The van der Waals surface area contributed by atoms with Crippen molar-refractivity contribution in [2.45, 2.75) is 19.9 Å². The summed E-state index contributed by atoms with van der Waals surface area (Å²) in [6.07, 6.45) is 1.02. The predicted molar refractivity (Wildman–Crippen MR) is 111 cm³/mol. The standard InChI is InChI=1S/C20H34N4O4/c1-6-21-20(22-10-12-24(2)11-7-13-26-3)23-15-16-8-9-18(27-4)17(14-16)19(25)28-5/h8-9,14H,6-7,10-13,15H2,1-5H3,(H2,21,22,23). The van der Waals surface area contributed by atoms with Crippen LogP contribution in [0.2, 0.25) is 0 Å². The number of ether oxygens (including phenoxy) is 3. The highest BCUT2D eigenvalue weighted by Gasteiger charge is 2.13. The number of esters is 1. The number of nitrogens with zero attached hydrogens (tertiary/aromatic N) is 2. The number of nitrogens with one attached hydrogen (secondary N) is 2. The maximum absolute atomic E-state index is 11.9. The molecule has 0 unspecified atom stereocenters. The van der Waals surface area contributed by atoms with E-state index >= 15 is 0 Å². The van der Waals surface area contributed by atoms with Crippen molar-refractivity contribution in [3.05, 3.63) is 29.3 Å². The summed E-state index contributed by atoms with van der Waals surface area (Å²) in [6.45, 7) is 6.69. The zero-order valence-corrected chi connectivity index (χ0v) is 17.7. The molecular weight excluding hydrogens is 360 g/mol. The van der Waals surface area contributed by atoms with Gasteiger partial charge in [0.15, 0.2) is 5.96 Å². The Morgan fingerprint density at radius 3 is 2.61 bits per heavy atom. The number of hydrogen-bond donors (Lipinski definition) is 2. The van der Waals surface area contributed by atoms with E-state index < -0.39 is 5.97 Å². The van der Waals surface area contributed by atoms with Crippen LogP contribution in [0.25, 0.3) is 0 Å². The summed E-state index contributed by atoms with van der Waals surface area (Å²) in [5, 5.41) is 6.57. The lowest BCUT2D eigenvalue weighted by Gasteiger charge is -2.18. The fraction of sp³-hybridized carbons (Fsp3) is 0.600. The van der Waals surface area contributed by atoms with Gasteiger partial charge in [-0.2, -0.15) is 0 Å². The minimum absolute atomic E-state index is 0.397. The molecule has 8 nitrogen and oxygen atoms in total. The molecule has 0 spiro atoms. The molecular formula is C20H34N4O4. The highest BCUT2D eigenvalue weighted by atomic mass is 16.5. The van der Waals surface area contributed by atoms with E-state index in [4.69, 9.17) is 14.2 Å². The van der Waals surface area contributed by atoms with Gasteiger partial charge in [0.2, 0.25) is 0 Å². The van der Waals surface area contributed by atoms with Crippen molar-refractivity contribution in [2.24, 2.45) is 4.99 Å². The van der Waals surface area contributed by atoms with Gasteiger partial charge in [-0.25, -0.2) is 9.79 Å². The summed E-state index contributed by atoms with van der Waals surface area (Å²) in [5.41, 5.74) is 1.29. The number of aliphatic imine (C=N–C) groups is 1. The van der Waals surface area contributed by atoms with Gasteiger partial charge in [-0.3, -0.25) is 0 Å². The lowest BCUT2D eigenvalue weighted by atomic mass is 10.1. The number of guanidine groups is 1. The van der Waals surface area contributed by atoms with Crippen LogP contribution in [0, 0.1) is 0 Å². The van der Waals surface area contributed by atoms with E-state index in [1.807, 2.05) is 13.0 Å². The first-order valence-electron chi connectivity index (χ1n) is 9.50. The molecule has 2 N–H and O–H groups in total. The third-order valence-electron chi connectivity index (χ3n) is 4.11. The summed E-state index contributed by atoms with van der Waals surface area (Å²) in [5.74, 6) is 0.800. The van der Waals surface area contributed by atoms with Crippen LogP contribution in [0.3, 0.4) is 0 Å². The average molecular weight is 395 g/mol. The smallest absolute Gasteiger partial charge is 0.341 e. The number of rotatable bonds is 12. The van der Waals surface area contributed by atoms with E-state index in [2.05, 4.69) is 27.6 Å². The summed E-state index contributed by atoms with van der Waals surface area (Å²) in [7, 11) is 6.69. The number of methoxy groups -OCH3 is 3. The van der Waals surface area contributed by atoms with Crippen LogP contribution in [0.1, 0.15) is 29.3 Å². The number of carbonyl (C=O) groups is 1. The molecule has 0 radical (unpaired) electrons. The van der Waals surface area contributed by atoms with Crippen LogP contribution < -0.4 is 15.4 Å². The van der Waals surface area contributed by atoms with Crippen molar-refractivity contribution in [1.82, 2.24) is 15.5 Å². The second kappa shape index (κ2) is 13.8. The highest BCUT2D eigenvalue weighted by molar-refractivity contribution is 5.92. The summed E-state index contributed by atoms with van der Waals surface area (Å²) in [4.78, 5) is 18.8. The van der Waals surface area contributed by atoms with E-state index in [1.54, 1.807) is 19.2 Å². The molecule has 8 heteroatoms. The van der Waals surface area contributed by atoms with Gasteiger partial charge in [-0.05, 0) is 38.1 Å². The van der Waals surface area contributed by atoms with Crippen molar-refractivity contribution in [1.29, 1.82) is 0 Å². The first-order valence-corrected chi connectivity index (χ1v) is 9.50. The van der Waals surface area contributed by atoms with E-state index in [-0.39, 0.29) is 0 Å². The Labute approximate surface area is 168 Å². The van der Waals surface area contributed by atoms with Crippen LogP contribution in [0.5, 0.6) is 5.75 Å². The normalized spacial score (nSPS) is 11.4. The van der Waals surface area contributed by atoms with E-state index in [9.17, 15) is 4.79 Å². The number of carbonyl (C=O) groups excluding carboxylic acids is 1. The second-order valence-corrected chi connectivity index (χ2v) is 6.30. The topological polar surface area (TPSA) is 84.4 Å². The third-order valence-corrected chi connectivity index (χ3v) is 4.11. The Balaban J connectivity index is 2.65. The number of benzene rings is 1. The largest absolute Gasteiger partial charge is 0.496 e. The van der Waals surface area contributed by atoms with Crippen molar-refractivity contribution < 1.29 is 19.0 Å². The number of hydrogen-bond acceptors (Lipinski definition) is 6. The molecule has 0 saturated heterocycles. The quantitative estimate of drug-likeness (QED) is 0.241. The molecule has 0 aliphatic heterocycles. The maximum atomic E-state index is 11.9. The third kappa shape index (κ3) is 8.58. The molecule has 0 saturated carbocycles. The molecule has 0 heterocycles. The highest BCUT2D eigenvalue weighted by Crippen LogP contribution is 2.21. The zero-order valence-electron chi connectivity index (χ0n) is 17.7. The zero-order chi connectivity index (χ0) is 20.8. The van der Waals surface area contributed by atoms with Gasteiger partial charge in [0.25, 0.3) is 0 Å². The van der Waals surface area contributed by atoms with Gasteiger partial charge in [0.05, 0.1) is 20.8 Å². The van der Waals surface area contributed by atoms with Gasteiger partial charge >= 0.3 is 5.97 Å². The van der Waals surface area contributed by atoms with Crippen LogP contribution in [0.4, 0.5) is 0 Å². The molecule has 0 aliphatic carbocycles. The Kier molecular flexibility index (Phi) is 11.7. The summed E-state index contributed by atoms with van der Waals surface area (Å²) in [6, 6.07) is 5.40. The van der Waals surface area contributed by atoms with E-state index in [0.717, 1.165) is 50.7 Å². The SMILES string of the molecule is CCNC(=NCc1ccc(OC)c(C(=O)OC)c1)NCCN(C)CCCOC. The van der Waals surface area contributed by atoms with E-state index in [1.165, 1.54) is 14.2 Å². The summed E-state index contributed by atoms with van der Waals surface area (Å²) < 4.78 is 15.1. The van der Waals surface area contributed by atoms with Crippen molar-refractivity contribution in [2.75, 3.05) is 61.2 Å². The molecule has 158 valence electrons. The molecule has 1 rings (SSSR count). The second-order valence-electron chi connectivity index (χ2n) is 6.30. The lowest BCUT2D eigenvalue weighted by Crippen LogP contribution is -2.41. The van der Waals surface area contributed by atoms with Gasteiger partial charge in [0, 0.05) is 39.9 Å². The molecule has 0 atom stereocenters. The van der Waals surface area contributed by atoms with Crippen LogP contribution >= 0.6 is 0 Å². The maximum Gasteiger partial charge on any atom is 0.341 e. The Bertz CT molecular complexity index is 622. The monoisotopic (exact) mass is 394 g/mol. The molecule has 1 aromatic carbocycles. The molecule has 0 fully saturated rings. The number of likely N-dealkylation sites (N-methyl/N-ethyl adjacent to an activating group) is 1. The van der Waals surface area contributed by atoms with Gasteiger partial charge in [0.1, 0.15) is 11.3 Å². The molecule has 0 bridgehead atoms. The van der Waals surface area contributed by atoms with Crippen LogP contribution in [0.15, 0.2) is 23.2 Å². The predicted octanol–water partition coefficient (Wildman–Crippen LogP) is 1.51. The van der Waals surface area contributed by atoms with Crippen LogP contribution in [-0.4, -0.2) is 78.0 Å². The Hall–Kier alpha value is -2.32. The molecule has 0 aromatic heterocycles. The minimum atomic E-state index is -0.427. The van der Waals surface area contributed by atoms with Gasteiger partial charge < -0.3 is 29.7 Å². The first-order chi connectivity index (χ1) is 13.5. The van der Waals surface area contributed by atoms with Crippen molar-refractivity contribution in [3.8, 4) is 5.75 Å². The lowest BCUT2D eigenvalue weighted by molar-refractivity contribution is 0.0597. The Morgan fingerprint density at radius 1 is 1.18 bits per heavy atom. The molecule has 1 aromatic rings. The van der Waals surface area contributed by atoms with Crippen molar-refractivity contribution >= 4 is 11.9 Å². The summed E-state index contributed by atoms with van der Waals surface area (Å²) >= 11 is 0. The minimum Gasteiger partial charge on any atom is -0.496 e. The van der Waals surface area contributed by atoms with E-state index in [0.29, 0.717) is 17.9 Å². The van der Waals surface area contributed by atoms with Gasteiger partial charge in [-0.1, -0.05) is 6.07 Å². The molecule has 0 amide bonds. The molecule has 28 heavy (non-hydrogen) atoms. The van der Waals surface area contributed by atoms with Crippen LogP contribution in [-0.2, 0) is 16.0 Å². The van der Waals surface area contributed by atoms with Gasteiger partial charge in [-0.15, -0.1) is 0 Å². The first kappa shape index (κ1) is 23.7. The average Bonchev–Trinajstić information content (AvgIpc) is 2.71. The fourth-order valence-corrected chi connectivity index (χ4v) is 2.59. The molecule has 0 aliphatic rings. The van der Waals surface area contributed by atoms with Crippen molar-refractivity contribution in [3.63, 3.8) is 0 Å². The fourth-order valence-electron chi connectivity index (χ4n) is 2.59. The Morgan fingerprint density at radius 2 is 1.96 bits per heavy atom.